The van der Waals surface area contributed by atoms with Gasteiger partial charge in [0.2, 0.25) is 0 Å². The average Bonchev–Trinajstić information content (AvgIpc) is 2.75. The minimum Gasteiger partial charge on any atom is -0.297 e. The second kappa shape index (κ2) is 8.85. The molecule has 1 fully saturated rings. The predicted molar refractivity (Wildman–Crippen MR) is 113 cm³/mol. The molecule has 0 unspecified atom stereocenters. The molecule has 148 valence electrons. The van der Waals surface area contributed by atoms with E-state index in [1.54, 1.807) is 12.1 Å². The molecule has 1 aliphatic heterocycles. The number of pyridine rings is 1. The normalized spacial score (nSPS) is 15.4. The summed E-state index contributed by atoms with van der Waals surface area (Å²) in [7, 11) is 0. The van der Waals surface area contributed by atoms with Gasteiger partial charge in [-0.3, -0.25) is 14.7 Å². The van der Waals surface area contributed by atoms with Gasteiger partial charge in [-0.15, -0.1) is 0 Å². The number of carbonyl (C=O) groups is 1. The number of piperidine rings is 1. The standard InChI is InChI=1S/C24H22ClFN2O/c25-21-5-1-17(2-6-21)20-9-12-27-23(15-20)16-28-13-10-19(11-14-28)24(29)18-3-7-22(26)8-4-18/h1-9,12,15,19H,10-11,13-14,16H2. The zero-order chi connectivity index (χ0) is 20.2. The van der Waals surface area contributed by atoms with Crippen molar-refractivity contribution in [3.05, 3.63) is 89.0 Å². The summed E-state index contributed by atoms with van der Waals surface area (Å²) < 4.78 is 13.1. The summed E-state index contributed by atoms with van der Waals surface area (Å²) in [4.78, 5) is 19.5. The smallest absolute Gasteiger partial charge is 0.166 e. The summed E-state index contributed by atoms with van der Waals surface area (Å²) in [6.45, 7) is 2.47. The second-order valence-electron chi connectivity index (χ2n) is 7.46. The predicted octanol–water partition coefficient (Wildman–Crippen LogP) is 5.64. The van der Waals surface area contributed by atoms with E-state index in [0.717, 1.165) is 54.3 Å². The van der Waals surface area contributed by atoms with Crippen molar-refractivity contribution in [3.63, 3.8) is 0 Å². The van der Waals surface area contributed by atoms with E-state index in [9.17, 15) is 9.18 Å². The largest absolute Gasteiger partial charge is 0.297 e. The van der Waals surface area contributed by atoms with Crippen LogP contribution in [0.25, 0.3) is 11.1 Å². The fraction of sp³-hybridized carbons (Fsp3) is 0.250. The van der Waals surface area contributed by atoms with Crippen LogP contribution >= 0.6 is 11.6 Å². The number of nitrogens with zero attached hydrogens (tertiary/aromatic N) is 2. The molecule has 0 N–H and O–H groups in total. The van der Waals surface area contributed by atoms with E-state index in [2.05, 4.69) is 16.0 Å². The molecule has 0 bridgehead atoms. The molecule has 0 radical (unpaired) electrons. The van der Waals surface area contributed by atoms with Crippen LogP contribution in [0.1, 0.15) is 28.9 Å². The maximum atomic E-state index is 13.1. The maximum absolute atomic E-state index is 13.1. The van der Waals surface area contributed by atoms with Gasteiger partial charge in [-0.2, -0.15) is 0 Å². The quantitative estimate of drug-likeness (QED) is 0.512. The van der Waals surface area contributed by atoms with Gasteiger partial charge in [0, 0.05) is 29.2 Å². The molecule has 3 aromatic rings. The van der Waals surface area contributed by atoms with Crippen LogP contribution in [0.2, 0.25) is 5.02 Å². The molecule has 0 spiro atoms. The second-order valence-corrected chi connectivity index (χ2v) is 7.90. The number of Topliss-reactive ketones (excluding diaryl/α,β-unsaturated/α-hetero) is 1. The zero-order valence-electron chi connectivity index (χ0n) is 16.0. The van der Waals surface area contributed by atoms with Crippen molar-refractivity contribution in [2.24, 2.45) is 5.92 Å². The summed E-state index contributed by atoms with van der Waals surface area (Å²) >= 11 is 5.98. The lowest BCUT2D eigenvalue weighted by Crippen LogP contribution is -2.36. The minimum absolute atomic E-state index is 0.00470. The van der Waals surface area contributed by atoms with E-state index in [1.165, 1.54) is 12.1 Å². The highest BCUT2D eigenvalue weighted by molar-refractivity contribution is 6.30. The van der Waals surface area contributed by atoms with Crippen LogP contribution in [0.15, 0.2) is 66.9 Å². The molecule has 5 heteroatoms. The average molecular weight is 409 g/mol. The third-order valence-corrected chi connectivity index (χ3v) is 5.72. The Morgan fingerprint density at radius 2 is 1.69 bits per heavy atom. The Balaban J connectivity index is 1.36. The summed E-state index contributed by atoms with van der Waals surface area (Å²) in [5, 5.41) is 0.723. The van der Waals surface area contributed by atoms with Gasteiger partial charge in [0.1, 0.15) is 5.82 Å². The Kier molecular flexibility index (Phi) is 6.02. The van der Waals surface area contributed by atoms with Crippen molar-refractivity contribution in [2.45, 2.75) is 19.4 Å². The molecule has 0 aliphatic carbocycles. The van der Waals surface area contributed by atoms with Gasteiger partial charge in [-0.1, -0.05) is 23.7 Å². The Bertz CT molecular complexity index is 981. The molecule has 3 nitrogen and oxygen atoms in total. The number of hydrogen-bond acceptors (Lipinski definition) is 3. The highest BCUT2D eigenvalue weighted by Gasteiger charge is 2.26. The topological polar surface area (TPSA) is 33.2 Å². The molecular weight excluding hydrogens is 387 g/mol. The maximum Gasteiger partial charge on any atom is 0.166 e. The van der Waals surface area contributed by atoms with Crippen molar-refractivity contribution in [3.8, 4) is 11.1 Å². The number of ketones is 1. The first-order chi connectivity index (χ1) is 14.1. The van der Waals surface area contributed by atoms with Gasteiger partial charge in [-0.05, 0) is 85.6 Å². The van der Waals surface area contributed by atoms with E-state index < -0.39 is 0 Å². The fourth-order valence-corrected chi connectivity index (χ4v) is 3.94. The molecule has 0 saturated carbocycles. The van der Waals surface area contributed by atoms with E-state index in [4.69, 9.17) is 11.6 Å². The first kappa shape index (κ1) is 19.7. The minimum atomic E-state index is -0.315. The number of carbonyl (C=O) groups excluding carboxylic acids is 1. The molecule has 1 aromatic heterocycles. The Morgan fingerprint density at radius 3 is 2.38 bits per heavy atom. The van der Waals surface area contributed by atoms with Gasteiger partial charge in [0.05, 0.1) is 5.69 Å². The first-order valence-electron chi connectivity index (χ1n) is 9.81. The van der Waals surface area contributed by atoms with Crippen LogP contribution in [-0.2, 0) is 6.54 Å². The van der Waals surface area contributed by atoms with E-state index >= 15 is 0 Å². The van der Waals surface area contributed by atoms with Crippen LogP contribution in [-0.4, -0.2) is 28.8 Å². The number of likely N-dealkylation sites (tertiary alicyclic amines) is 1. The number of aromatic nitrogens is 1. The highest BCUT2D eigenvalue weighted by atomic mass is 35.5. The molecular formula is C24H22ClFN2O. The van der Waals surface area contributed by atoms with E-state index in [0.29, 0.717) is 5.56 Å². The number of halogens is 2. The van der Waals surface area contributed by atoms with Crippen LogP contribution in [0, 0.1) is 11.7 Å². The molecule has 29 heavy (non-hydrogen) atoms. The van der Waals surface area contributed by atoms with E-state index in [-0.39, 0.29) is 17.5 Å². The van der Waals surface area contributed by atoms with Gasteiger partial charge >= 0.3 is 0 Å². The summed E-state index contributed by atoms with van der Waals surface area (Å²) in [5.74, 6) is -0.192. The van der Waals surface area contributed by atoms with Gasteiger partial charge in [0.25, 0.3) is 0 Å². The Morgan fingerprint density at radius 1 is 1.00 bits per heavy atom. The molecule has 0 amide bonds. The summed E-state index contributed by atoms with van der Waals surface area (Å²) in [5.41, 5.74) is 3.85. The molecule has 1 saturated heterocycles. The Hall–Kier alpha value is -2.56. The zero-order valence-corrected chi connectivity index (χ0v) is 16.8. The summed E-state index contributed by atoms with van der Waals surface area (Å²) in [6, 6.07) is 17.8. The fourth-order valence-electron chi connectivity index (χ4n) is 3.82. The van der Waals surface area contributed by atoms with E-state index in [1.807, 2.05) is 36.5 Å². The lowest BCUT2D eigenvalue weighted by Gasteiger charge is -2.31. The number of hydrogen-bond donors (Lipinski definition) is 0. The highest BCUT2D eigenvalue weighted by Crippen LogP contribution is 2.25. The van der Waals surface area contributed by atoms with Crippen LogP contribution in [0.3, 0.4) is 0 Å². The van der Waals surface area contributed by atoms with Crippen molar-refractivity contribution >= 4 is 17.4 Å². The van der Waals surface area contributed by atoms with Crippen molar-refractivity contribution < 1.29 is 9.18 Å². The number of rotatable bonds is 5. The van der Waals surface area contributed by atoms with Crippen molar-refractivity contribution in [1.82, 2.24) is 9.88 Å². The number of benzene rings is 2. The molecule has 2 aromatic carbocycles. The van der Waals surface area contributed by atoms with Crippen molar-refractivity contribution in [1.29, 1.82) is 0 Å². The van der Waals surface area contributed by atoms with Crippen LogP contribution in [0.4, 0.5) is 4.39 Å². The van der Waals surface area contributed by atoms with Crippen LogP contribution < -0.4 is 0 Å². The monoisotopic (exact) mass is 408 g/mol. The van der Waals surface area contributed by atoms with Crippen LogP contribution in [0.5, 0.6) is 0 Å². The summed E-state index contributed by atoms with van der Waals surface area (Å²) in [6.07, 6.45) is 3.46. The molecule has 2 heterocycles. The SMILES string of the molecule is O=C(c1ccc(F)cc1)C1CCN(Cc2cc(-c3ccc(Cl)cc3)ccn2)CC1. The molecule has 4 rings (SSSR count). The third kappa shape index (κ3) is 4.89. The Labute approximate surface area is 175 Å². The van der Waals surface area contributed by atoms with Gasteiger partial charge < -0.3 is 0 Å². The molecule has 0 atom stereocenters. The van der Waals surface area contributed by atoms with Gasteiger partial charge in [0.15, 0.2) is 5.78 Å². The van der Waals surface area contributed by atoms with Gasteiger partial charge in [-0.25, -0.2) is 4.39 Å². The first-order valence-corrected chi connectivity index (χ1v) is 10.2. The molecule has 1 aliphatic rings. The lowest BCUT2D eigenvalue weighted by atomic mass is 9.89. The third-order valence-electron chi connectivity index (χ3n) is 5.47. The van der Waals surface area contributed by atoms with Crippen molar-refractivity contribution in [2.75, 3.05) is 13.1 Å². The lowest BCUT2D eigenvalue weighted by molar-refractivity contribution is 0.0834.